The van der Waals surface area contributed by atoms with Crippen LogP contribution in [-0.4, -0.2) is 22.2 Å². The summed E-state index contributed by atoms with van der Waals surface area (Å²) in [6, 6.07) is 6.87. The van der Waals surface area contributed by atoms with Crippen LogP contribution < -0.4 is 10.6 Å². The van der Waals surface area contributed by atoms with Gasteiger partial charge < -0.3 is 10.6 Å². The molecule has 0 aliphatic rings. The molecule has 0 bridgehead atoms. The number of hydrogen-bond acceptors (Lipinski definition) is 2. The Balaban J connectivity index is 2.70. The third-order valence-electron chi connectivity index (χ3n) is 2.74. The molecule has 0 aliphatic heterocycles. The highest BCUT2D eigenvalue weighted by Gasteiger charge is 2.19. The molecular weight excluding hydrogens is 332 g/mol. The van der Waals surface area contributed by atoms with E-state index in [9.17, 15) is 9.59 Å². The van der Waals surface area contributed by atoms with Crippen molar-refractivity contribution in [3.63, 3.8) is 0 Å². The molecule has 0 saturated heterocycles. The molecule has 0 aliphatic carbocycles. The van der Waals surface area contributed by atoms with Gasteiger partial charge in [-0.25, -0.2) is 0 Å². The Labute approximate surface area is 134 Å². The summed E-state index contributed by atoms with van der Waals surface area (Å²) < 4.78 is 0. The molecule has 0 heterocycles. The zero-order chi connectivity index (χ0) is 16.2. The van der Waals surface area contributed by atoms with Crippen molar-refractivity contribution in [1.29, 1.82) is 0 Å². The van der Waals surface area contributed by atoms with Crippen LogP contribution in [0.25, 0.3) is 0 Å². The number of amides is 2. The van der Waals surface area contributed by atoms with Crippen LogP contribution in [0.1, 0.15) is 45.0 Å². The Hall–Kier alpha value is -1.36. The number of benzene rings is 1. The summed E-state index contributed by atoms with van der Waals surface area (Å²) in [5.74, 6) is -0.000320. The molecule has 21 heavy (non-hydrogen) atoms. The number of hydrogen-bond donors (Lipinski definition) is 2. The molecule has 1 aromatic carbocycles. The molecule has 2 N–H and O–H groups in total. The Morgan fingerprint density at radius 3 is 2.05 bits per heavy atom. The number of carbonyl (C=O) groups is 2. The second-order valence-electron chi connectivity index (χ2n) is 6.42. The normalized spacial score (nSPS) is 12.9. The van der Waals surface area contributed by atoms with E-state index < -0.39 is 0 Å². The van der Waals surface area contributed by atoms with Crippen molar-refractivity contribution < 1.29 is 9.59 Å². The standard InChI is InChI=1S/C16H23BrN2O2/c1-10(2)13(17)15(21)18-12-8-6-11(7-9-12)14(20)19-16(3,4)5/h6-10,13H,1-5H3,(H,18,21)(H,19,20). The highest BCUT2D eigenvalue weighted by atomic mass is 79.9. The molecule has 1 unspecified atom stereocenters. The largest absolute Gasteiger partial charge is 0.347 e. The van der Waals surface area contributed by atoms with E-state index in [2.05, 4.69) is 26.6 Å². The summed E-state index contributed by atoms with van der Waals surface area (Å²) in [6.07, 6.45) is 0. The summed E-state index contributed by atoms with van der Waals surface area (Å²) in [6.45, 7) is 9.74. The molecular formula is C16H23BrN2O2. The lowest BCUT2D eigenvalue weighted by Crippen LogP contribution is -2.40. The Bertz CT molecular complexity index is 504. The highest BCUT2D eigenvalue weighted by molar-refractivity contribution is 9.10. The predicted molar refractivity (Wildman–Crippen MR) is 89.8 cm³/mol. The van der Waals surface area contributed by atoms with Crippen molar-refractivity contribution in [3.05, 3.63) is 29.8 Å². The van der Waals surface area contributed by atoms with Crippen LogP contribution in [-0.2, 0) is 4.79 Å². The van der Waals surface area contributed by atoms with E-state index in [4.69, 9.17) is 0 Å². The van der Waals surface area contributed by atoms with Crippen molar-refractivity contribution in [2.45, 2.75) is 45.0 Å². The lowest BCUT2D eigenvalue weighted by molar-refractivity contribution is -0.116. The van der Waals surface area contributed by atoms with Crippen molar-refractivity contribution in [3.8, 4) is 0 Å². The fourth-order valence-electron chi connectivity index (χ4n) is 1.63. The third-order valence-corrected chi connectivity index (χ3v) is 4.21. The fraction of sp³-hybridized carbons (Fsp3) is 0.500. The molecule has 2 amide bonds. The quantitative estimate of drug-likeness (QED) is 0.812. The minimum Gasteiger partial charge on any atom is -0.347 e. The van der Waals surface area contributed by atoms with Gasteiger partial charge >= 0.3 is 0 Å². The first-order valence-electron chi connectivity index (χ1n) is 6.97. The molecule has 1 rings (SSSR count). The van der Waals surface area contributed by atoms with E-state index in [1.54, 1.807) is 24.3 Å². The lowest BCUT2D eigenvalue weighted by atomic mass is 10.1. The van der Waals surface area contributed by atoms with Crippen LogP contribution in [0.2, 0.25) is 0 Å². The number of halogens is 1. The van der Waals surface area contributed by atoms with E-state index in [-0.39, 0.29) is 28.1 Å². The number of rotatable bonds is 4. The Kier molecular flexibility index (Phi) is 5.96. The Morgan fingerprint density at radius 2 is 1.62 bits per heavy atom. The van der Waals surface area contributed by atoms with Gasteiger partial charge in [0.1, 0.15) is 0 Å². The number of carbonyl (C=O) groups excluding carboxylic acids is 2. The Morgan fingerprint density at radius 1 is 1.10 bits per heavy atom. The van der Waals surface area contributed by atoms with Crippen molar-refractivity contribution in [2.24, 2.45) is 5.92 Å². The molecule has 5 heteroatoms. The SMILES string of the molecule is CC(C)C(Br)C(=O)Nc1ccc(C(=O)NC(C)(C)C)cc1. The van der Waals surface area contributed by atoms with Crippen molar-refractivity contribution in [1.82, 2.24) is 5.32 Å². The minimum atomic E-state index is -0.273. The van der Waals surface area contributed by atoms with Gasteiger partial charge in [0.25, 0.3) is 5.91 Å². The first kappa shape index (κ1) is 17.7. The second-order valence-corrected chi connectivity index (χ2v) is 7.40. The van der Waals surface area contributed by atoms with Gasteiger partial charge in [-0.3, -0.25) is 9.59 Å². The van der Waals surface area contributed by atoms with E-state index in [1.165, 1.54) is 0 Å². The van der Waals surface area contributed by atoms with Crippen LogP contribution >= 0.6 is 15.9 Å². The summed E-state index contributed by atoms with van der Waals surface area (Å²) in [7, 11) is 0. The van der Waals surface area contributed by atoms with E-state index >= 15 is 0 Å². The molecule has 116 valence electrons. The molecule has 4 nitrogen and oxygen atoms in total. The lowest BCUT2D eigenvalue weighted by Gasteiger charge is -2.20. The van der Waals surface area contributed by atoms with Gasteiger partial charge in [-0.15, -0.1) is 0 Å². The fourth-order valence-corrected chi connectivity index (χ4v) is 1.75. The summed E-state index contributed by atoms with van der Waals surface area (Å²) in [4.78, 5) is 23.7. The molecule has 0 saturated carbocycles. The van der Waals surface area contributed by atoms with Crippen molar-refractivity contribution >= 4 is 33.4 Å². The average Bonchev–Trinajstić information content (AvgIpc) is 2.36. The summed E-state index contributed by atoms with van der Waals surface area (Å²) >= 11 is 3.36. The zero-order valence-electron chi connectivity index (χ0n) is 13.2. The van der Waals surface area contributed by atoms with Crippen LogP contribution in [0.3, 0.4) is 0 Å². The van der Waals surface area contributed by atoms with Gasteiger partial charge in [0, 0.05) is 16.8 Å². The van der Waals surface area contributed by atoms with Gasteiger partial charge in [-0.2, -0.15) is 0 Å². The first-order chi connectivity index (χ1) is 9.60. The van der Waals surface area contributed by atoms with Gasteiger partial charge in [0.2, 0.25) is 5.91 Å². The molecule has 0 radical (unpaired) electrons. The molecule has 1 atom stereocenters. The van der Waals surface area contributed by atoms with Gasteiger partial charge in [-0.1, -0.05) is 29.8 Å². The summed E-state index contributed by atoms with van der Waals surface area (Å²) in [5.41, 5.74) is 0.976. The topological polar surface area (TPSA) is 58.2 Å². The molecule has 0 spiro atoms. The van der Waals surface area contributed by atoms with Crippen LogP contribution in [0.5, 0.6) is 0 Å². The molecule has 1 aromatic rings. The van der Waals surface area contributed by atoms with E-state index in [0.717, 1.165) is 0 Å². The zero-order valence-corrected chi connectivity index (χ0v) is 14.7. The van der Waals surface area contributed by atoms with Crippen molar-refractivity contribution in [2.75, 3.05) is 5.32 Å². The third kappa shape index (κ3) is 5.87. The molecule has 0 fully saturated rings. The molecule has 0 aromatic heterocycles. The first-order valence-corrected chi connectivity index (χ1v) is 7.89. The van der Waals surface area contributed by atoms with Gasteiger partial charge in [0.15, 0.2) is 0 Å². The monoisotopic (exact) mass is 354 g/mol. The average molecular weight is 355 g/mol. The smallest absolute Gasteiger partial charge is 0.251 e. The van der Waals surface area contributed by atoms with Crippen LogP contribution in [0.15, 0.2) is 24.3 Å². The van der Waals surface area contributed by atoms with Crippen LogP contribution in [0, 0.1) is 5.92 Å². The van der Waals surface area contributed by atoms with E-state index in [0.29, 0.717) is 11.3 Å². The van der Waals surface area contributed by atoms with Gasteiger partial charge in [-0.05, 0) is 51.0 Å². The number of anilines is 1. The van der Waals surface area contributed by atoms with E-state index in [1.807, 2.05) is 34.6 Å². The minimum absolute atomic E-state index is 0.0862. The number of nitrogens with one attached hydrogen (secondary N) is 2. The predicted octanol–water partition coefficient (Wildman–Crippen LogP) is 3.57. The maximum absolute atomic E-state index is 12.0. The summed E-state index contributed by atoms with van der Waals surface area (Å²) in [5, 5.41) is 5.71. The highest BCUT2D eigenvalue weighted by Crippen LogP contribution is 2.16. The van der Waals surface area contributed by atoms with Gasteiger partial charge in [0.05, 0.1) is 4.83 Å². The second kappa shape index (κ2) is 7.07. The maximum Gasteiger partial charge on any atom is 0.251 e. The maximum atomic E-state index is 12.0. The number of alkyl halides is 1. The van der Waals surface area contributed by atoms with Crippen LogP contribution in [0.4, 0.5) is 5.69 Å².